The van der Waals surface area contributed by atoms with Gasteiger partial charge in [-0.2, -0.15) is 0 Å². The Hall–Kier alpha value is -2.63. The van der Waals surface area contributed by atoms with Crippen LogP contribution >= 0.6 is 0 Å². The smallest absolute Gasteiger partial charge is 0.161 e. The molecule has 3 rings (SSSR count). The van der Waals surface area contributed by atoms with Crippen LogP contribution in [0.2, 0.25) is 0 Å². The van der Waals surface area contributed by atoms with Gasteiger partial charge in [-0.05, 0) is 50.1 Å². The van der Waals surface area contributed by atoms with Gasteiger partial charge in [0, 0.05) is 17.3 Å². The molecule has 132 valence electrons. The number of nitrogens with zero attached hydrogens (tertiary/aromatic N) is 1. The van der Waals surface area contributed by atoms with Crippen molar-refractivity contribution in [3.05, 3.63) is 53.1 Å². The molecule has 0 bridgehead atoms. The number of halogens is 2. The molecular formula is C19H20F2N2O2. The first kappa shape index (κ1) is 17.2. The van der Waals surface area contributed by atoms with Gasteiger partial charge in [-0.25, -0.2) is 8.78 Å². The zero-order chi connectivity index (χ0) is 18.2. The molecule has 1 aliphatic rings. The molecule has 0 spiro atoms. The topological polar surface area (TPSA) is 42.9 Å². The molecule has 0 amide bonds. The van der Waals surface area contributed by atoms with E-state index in [1.165, 1.54) is 6.07 Å². The fourth-order valence-electron chi connectivity index (χ4n) is 2.96. The zero-order valence-corrected chi connectivity index (χ0v) is 14.6. The van der Waals surface area contributed by atoms with Crippen molar-refractivity contribution in [1.29, 1.82) is 0 Å². The molecule has 1 aliphatic heterocycles. The third-order valence-electron chi connectivity index (χ3n) is 4.08. The zero-order valence-electron chi connectivity index (χ0n) is 14.6. The third kappa shape index (κ3) is 3.43. The van der Waals surface area contributed by atoms with E-state index < -0.39 is 11.6 Å². The second-order valence-electron chi connectivity index (χ2n) is 6.57. The van der Waals surface area contributed by atoms with Crippen molar-refractivity contribution in [2.45, 2.75) is 25.8 Å². The van der Waals surface area contributed by atoms with E-state index in [4.69, 9.17) is 14.5 Å². The van der Waals surface area contributed by atoms with E-state index in [2.05, 4.69) is 5.32 Å². The highest BCUT2D eigenvalue weighted by Gasteiger charge is 2.28. The normalized spacial score (nSPS) is 15.2. The number of hydrogen-bond acceptors (Lipinski definition) is 4. The van der Waals surface area contributed by atoms with E-state index in [1.807, 2.05) is 26.0 Å². The largest absolute Gasteiger partial charge is 0.493 e. The van der Waals surface area contributed by atoms with Crippen molar-refractivity contribution < 1.29 is 18.3 Å². The molecule has 1 N–H and O–H groups in total. The van der Waals surface area contributed by atoms with Crippen molar-refractivity contribution in [3.63, 3.8) is 0 Å². The summed E-state index contributed by atoms with van der Waals surface area (Å²) < 4.78 is 37.4. The Bertz CT molecular complexity index is 848. The van der Waals surface area contributed by atoms with E-state index in [0.717, 1.165) is 29.7 Å². The molecule has 0 saturated carbocycles. The monoisotopic (exact) mass is 346 g/mol. The minimum absolute atomic E-state index is 0.340. The summed E-state index contributed by atoms with van der Waals surface area (Å²) in [5.74, 6) is 0.0153. The van der Waals surface area contributed by atoms with Crippen molar-refractivity contribution in [3.8, 4) is 11.5 Å². The molecule has 0 radical (unpaired) electrons. The number of ether oxygens (including phenoxy) is 2. The van der Waals surface area contributed by atoms with Crippen molar-refractivity contribution in [2.24, 2.45) is 4.99 Å². The van der Waals surface area contributed by atoms with Gasteiger partial charge in [0.2, 0.25) is 0 Å². The number of methoxy groups -OCH3 is 2. The molecule has 0 saturated heterocycles. The van der Waals surface area contributed by atoms with Gasteiger partial charge >= 0.3 is 0 Å². The predicted octanol–water partition coefficient (Wildman–Crippen LogP) is 4.18. The van der Waals surface area contributed by atoms with E-state index in [-0.39, 0.29) is 5.54 Å². The highest BCUT2D eigenvalue weighted by atomic mass is 19.2. The van der Waals surface area contributed by atoms with E-state index in [9.17, 15) is 8.78 Å². The lowest BCUT2D eigenvalue weighted by molar-refractivity contribution is 0.353. The van der Waals surface area contributed by atoms with Crippen LogP contribution in [0.25, 0.3) is 0 Å². The van der Waals surface area contributed by atoms with Gasteiger partial charge in [-0.3, -0.25) is 4.99 Å². The summed E-state index contributed by atoms with van der Waals surface area (Å²) in [5, 5.41) is 3.10. The minimum atomic E-state index is -0.909. The molecule has 0 aromatic heterocycles. The Morgan fingerprint density at radius 1 is 1.00 bits per heavy atom. The molecule has 25 heavy (non-hydrogen) atoms. The molecule has 0 fully saturated rings. The number of anilines is 1. The van der Waals surface area contributed by atoms with Crippen LogP contribution in [-0.4, -0.2) is 25.6 Å². The van der Waals surface area contributed by atoms with E-state index >= 15 is 0 Å². The SMILES string of the molecule is COc1cc2c(cc1OC)C(Nc1ccc(F)c(F)c1)=NC(C)(C)C2. The number of nitrogens with one attached hydrogen (secondary N) is 1. The Kier molecular flexibility index (Phi) is 4.37. The Morgan fingerprint density at radius 3 is 2.32 bits per heavy atom. The van der Waals surface area contributed by atoms with Crippen LogP contribution in [0.3, 0.4) is 0 Å². The first-order chi connectivity index (χ1) is 11.8. The third-order valence-corrected chi connectivity index (χ3v) is 4.08. The lowest BCUT2D eigenvalue weighted by Crippen LogP contribution is -2.32. The van der Waals surface area contributed by atoms with E-state index in [1.54, 1.807) is 14.2 Å². The maximum Gasteiger partial charge on any atom is 0.161 e. The number of benzene rings is 2. The lowest BCUT2D eigenvalue weighted by Gasteiger charge is -2.30. The van der Waals surface area contributed by atoms with Crippen LogP contribution in [-0.2, 0) is 6.42 Å². The Labute approximate surface area is 145 Å². The van der Waals surface area contributed by atoms with Gasteiger partial charge in [0.25, 0.3) is 0 Å². The second-order valence-corrected chi connectivity index (χ2v) is 6.57. The maximum absolute atomic E-state index is 13.5. The van der Waals surface area contributed by atoms with Gasteiger partial charge in [-0.15, -0.1) is 0 Å². The van der Waals surface area contributed by atoms with Crippen molar-refractivity contribution >= 4 is 11.5 Å². The standard InChI is InChI=1S/C19H20F2N2O2/c1-19(2)10-11-7-16(24-3)17(25-4)9-13(11)18(23-19)22-12-5-6-14(20)15(21)8-12/h5-9H,10H2,1-4H3,(H,22,23). The predicted molar refractivity (Wildman–Crippen MR) is 93.8 cm³/mol. The fraction of sp³-hybridized carbons (Fsp3) is 0.316. The highest BCUT2D eigenvalue weighted by molar-refractivity contribution is 6.10. The average molecular weight is 346 g/mol. The van der Waals surface area contributed by atoms with Crippen LogP contribution in [0.15, 0.2) is 35.3 Å². The van der Waals surface area contributed by atoms with Gasteiger partial charge in [0.15, 0.2) is 23.1 Å². The molecule has 4 nitrogen and oxygen atoms in total. The van der Waals surface area contributed by atoms with Gasteiger partial charge in [0.05, 0.1) is 19.8 Å². The summed E-state index contributed by atoms with van der Waals surface area (Å²) >= 11 is 0. The van der Waals surface area contributed by atoms with Crippen LogP contribution in [0.5, 0.6) is 11.5 Å². The number of amidine groups is 1. The Morgan fingerprint density at radius 2 is 1.68 bits per heavy atom. The molecule has 6 heteroatoms. The Balaban J connectivity index is 2.06. The number of hydrogen-bond donors (Lipinski definition) is 1. The summed E-state index contributed by atoms with van der Waals surface area (Å²) in [6.07, 6.45) is 0.728. The molecule has 1 heterocycles. The second kappa shape index (κ2) is 6.35. The molecule has 2 aromatic carbocycles. The highest BCUT2D eigenvalue weighted by Crippen LogP contribution is 2.36. The van der Waals surface area contributed by atoms with Gasteiger partial charge < -0.3 is 14.8 Å². The molecule has 0 aliphatic carbocycles. The summed E-state index contributed by atoms with van der Waals surface area (Å²) in [6.45, 7) is 4.03. The molecule has 0 unspecified atom stereocenters. The summed E-state index contributed by atoms with van der Waals surface area (Å²) in [6, 6.07) is 7.44. The van der Waals surface area contributed by atoms with E-state index in [0.29, 0.717) is 23.0 Å². The molecule has 0 atom stereocenters. The summed E-state index contributed by atoms with van der Waals surface area (Å²) in [7, 11) is 3.16. The number of aliphatic imine (C=N–C) groups is 1. The maximum atomic E-state index is 13.5. The van der Waals surface area contributed by atoms with Crippen LogP contribution < -0.4 is 14.8 Å². The van der Waals surface area contributed by atoms with Crippen molar-refractivity contribution in [2.75, 3.05) is 19.5 Å². The van der Waals surface area contributed by atoms with Crippen molar-refractivity contribution in [1.82, 2.24) is 0 Å². The first-order valence-electron chi connectivity index (χ1n) is 7.90. The first-order valence-corrected chi connectivity index (χ1v) is 7.90. The van der Waals surface area contributed by atoms with Gasteiger partial charge in [-0.1, -0.05) is 0 Å². The summed E-state index contributed by atoms with van der Waals surface area (Å²) in [5.41, 5.74) is 1.98. The number of fused-ring (bicyclic) bond motifs is 1. The van der Waals surface area contributed by atoms with Gasteiger partial charge in [0.1, 0.15) is 5.84 Å². The quantitative estimate of drug-likeness (QED) is 0.907. The average Bonchev–Trinajstić information content (AvgIpc) is 2.56. The van der Waals surface area contributed by atoms with Crippen LogP contribution in [0.4, 0.5) is 14.5 Å². The molecular weight excluding hydrogens is 326 g/mol. The minimum Gasteiger partial charge on any atom is -0.493 e. The number of rotatable bonds is 3. The van der Waals surface area contributed by atoms with Crippen LogP contribution in [0.1, 0.15) is 25.0 Å². The molecule has 2 aromatic rings. The fourth-order valence-corrected chi connectivity index (χ4v) is 2.96. The lowest BCUT2D eigenvalue weighted by atomic mass is 9.88. The summed E-state index contributed by atoms with van der Waals surface area (Å²) in [4.78, 5) is 4.73. The van der Waals surface area contributed by atoms with Crippen LogP contribution in [0, 0.1) is 11.6 Å².